The third kappa shape index (κ3) is 4.09. The van der Waals surface area contributed by atoms with Gasteiger partial charge in [-0.05, 0) is 25.1 Å². The van der Waals surface area contributed by atoms with Gasteiger partial charge in [-0.1, -0.05) is 12.1 Å². The Morgan fingerprint density at radius 2 is 1.81 bits per heavy atom. The number of aromatic nitrogens is 3. The van der Waals surface area contributed by atoms with E-state index in [0.717, 1.165) is 55.7 Å². The number of oxazole rings is 1. The smallest absolute Gasteiger partial charge is 0.229 e. The van der Waals surface area contributed by atoms with Crippen LogP contribution in [-0.4, -0.2) is 52.6 Å². The topological polar surface area (TPSA) is 67.5 Å². The Morgan fingerprint density at radius 3 is 2.59 bits per heavy atom. The number of ether oxygens (including phenoxy) is 1. The summed E-state index contributed by atoms with van der Waals surface area (Å²) < 4.78 is 11.4. The number of hydrogen-bond donors (Lipinski definition) is 0. The molecule has 140 valence electrons. The SMILES string of the molecule is CCOc1ccccc1-c1nc(CN2CCN(c3ncccn3)CC2)co1. The Hall–Kier alpha value is -2.93. The lowest BCUT2D eigenvalue weighted by molar-refractivity contribution is 0.246. The van der Waals surface area contributed by atoms with Gasteiger partial charge in [0, 0.05) is 45.1 Å². The number of nitrogens with zero attached hydrogens (tertiary/aromatic N) is 5. The molecule has 0 radical (unpaired) electrons. The van der Waals surface area contributed by atoms with Crippen LogP contribution in [0.15, 0.2) is 53.4 Å². The minimum atomic E-state index is 0.602. The molecule has 27 heavy (non-hydrogen) atoms. The van der Waals surface area contributed by atoms with E-state index >= 15 is 0 Å². The van der Waals surface area contributed by atoms with Crippen LogP contribution in [0.5, 0.6) is 5.75 Å². The van der Waals surface area contributed by atoms with Crippen LogP contribution in [0.4, 0.5) is 5.95 Å². The van der Waals surface area contributed by atoms with Crippen LogP contribution in [0.1, 0.15) is 12.6 Å². The number of rotatable bonds is 6. The molecule has 0 amide bonds. The van der Waals surface area contributed by atoms with Gasteiger partial charge in [0.2, 0.25) is 11.8 Å². The second kappa shape index (κ2) is 8.18. The van der Waals surface area contributed by atoms with Crippen molar-refractivity contribution in [2.24, 2.45) is 0 Å². The maximum atomic E-state index is 5.72. The van der Waals surface area contributed by atoms with E-state index in [4.69, 9.17) is 9.15 Å². The first-order valence-corrected chi connectivity index (χ1v) is 9.24. The standard InChI is InChI=1S/C20H23N5O2/c1-2-26-18-7-4-3-6-17(18)19-23-16(15-27-19)14-24-10-12-25(13-11-24)20-21-8-5-9-22-20/h3-9,15H,2,10-14H2,1H3. The van der Waals surface area contributed by atoms with Crippen LogP contribution < -0.4 is 9.64 Å². The molecule has 0 aliphatic carbocycles. The average Bonchev–Trinajstić information content (AvgIpc) is 3.18. The zero-order chi connectivity index (χ0) is 18.5. The number of hydrogen-bond acceptors (Lipinski definition) is 7. The molecule has 1 aliphatic rings. The molecule has 7 heteroatoms. The predicted molar refractivity (Wildman–Crippen MR) is 103 cm³/mol. The summed E-state index contributed by atoms with van der Waals surface area (Å²) in [6.45, 7) is 7.04. The largest absolute Gasteiger partial charge is 0.493 e. The molecule has 0 spiro atoms. The van der Waals surface area contributed by atoms with E-state index in [1.165, 1.54) is 0 Å². The first-order chi connectivity index (χ1) is 13.3. The first-order valence-electron chi connectivity index (χ1n) is 9.24. The van der Waals surface area contributed by atoms with Gasteiger partial charge in [-0.2, -0.15) is 0 Å². The Labute approximate surface area is 158 Å². The summed E-state index contributed by atoms with van der Waals surface area (Å²) >= 11 is 0. The maximum Gasteiger partial charge on any atom is 0.229 e. The highest BCUT2D eigenvalue weighted by Crippen LogP contribution is 2.29. The lowest BCUT2D eigenvalue weighted by Gasteiger charge is -2.34. The fourth-order valence-corrected chi connectivity index (χ4v) is 3.22. The normalized spacial score (nSPS) is 15.1. The van der Waals surface area contributed by atoms with Crippen LogP contribution in [-0.2, 0) is 6.54 Å². The highest BCUT2D eigenvalue weighted by atomic mass is 16.5. The molecule has 4 rings (SSSR count). The van der Waals surface area contributed by atoms with Gasteiger partial charge < -0.3 is 14.1 Å². The van der Waals surface area contributed by atoms with Crippen molar-refractivity contribution >= 4 is 5.95 Å². The Bertz CT molecular complexity index is 860. The second-order valence-electron chi connectivity index (χ2n) is 6.39. The number of piperazine rings is 1. The summed E-state index contributed by atoms with van der Waals surface area (Å²) in [6.07, 6.45) is 5.31. The molecule has 3 heterocycles. The lowest BCUT2D eigenvalue weighted by Crippen LogP contribution is -2.46. The molecule has 0 bridgehead atoms. The third-order valence-electron chi connectivity index (χ3n) is 4.56. The summed E-state index contributed by atoms with van der Waals surface area (Å²) in [5.74, 6) is 2.20. The van der Waals surface area contributed by atoms with Gasteiger partial charge in [-0.3, -0.25) is 4.90 Å². The lowest BCUT2D eigenvalue weighted by atomic mass is 10.2. The van der Waals surface area contributed by atoms with Crippen molar-refractivity contribution < 1.29 is 9.15 Å². The average molecular weight is 365 g/mol. The molecule has 1 aromatic carbocycles. The van der Waals surface area contributed by atoms with Crippen molar-refractivity contribution in [1.82, 2.24) is 19.9 Å². The third-order valence-corrected chi connectivity index (χ3v) is 4.56. The van der Waals surface area contributed by atoms with Crippen LogP contribution in [0, 0.1) is 0 Å². The van der Waals surface area contributed by atoms with Gasteiger partial charge in [-0.25, -0.2) is 15.0 Å². The van der Waals surface area contributed by atoms with Crippen molar-refractivity contribution in [1.29, 1.82) is 0 Å². The van der Waals surface area contributed by atoms with Crippen molar-refractivity contribution in [3.8, 4) is 17.2 Å². The fourth-order valence-electron chi connectivity index (χ4n) is 3.22. The molecular weight excluding hydrogens is 342 g/mol. The molecule has 1 fully saturated rings. The van der Waals surface area contributed by atoms with E-state index in [1.54, 1.807) is 18.7 Å². The van der Waals surface area contributed by atoms with Crippen molar-refractivity contribution in [2.75, 3.05) is 37.7 Å². The summed E-state index contributed by atoms with van der Waals surface area (Å²) in [4.78, 5) is 17.9. The van der Waals surface area contributed by atoms with Gasteiger partial charge in [0.05, 0.1) is 17.9 Å². The monoisotopic (exact) mass is 365 g/mol. The Balaban J connectivity index is 1.38. The molecule has 2 aromatic heterocycles. The molecule has 1 aliphatic heterocycles. The fraction of sp³-hybridized carbons (Fsp3) is 0.350. The van der Waals surface area contributed by atoms with Gasteiger partial charge in [0.25, 0.3) is 0 Å². The maximum absolute atomic E-state index is 5.72. The van der Waals surface area contributed by atoms with Gasteiger partial charge in [-0.15, -0.1) is 0 Å². The van der Waals surface area contributed by atoms with E-state index in [2.05, 4.69) is 24.8 Å². The molecule has 1 saturated heterocycles. The Kier molecular flexibility index (Phi) is 5.29. The predicted octanol–water partition coefficient (Wildman–Crippen LogP) is 2.85. The molecule has 0 unspecified atom stereocenters. The molecule has 0 N–H and O–H groups in total. The number of benzene rings is 1. The summed E-state index contributed by atoms with van der Waals surface area (Å²) in [6, 6.07) is 9.67. The minimum absolute atomic E-state index is 0.602. The highest BCUT2D eigenvalue weighted by Gasteiger charge is 2.20. The van der Waals surface area contributed by atoms with Crippen LogP contribution in [0.2, 0.25) is 0 Å². The van der Waals surface area contributed by atoms with E-state index < -0.39 is 0 Å². The quantitative estimate of drug-likeness (QED) is 0.665. The molecule has 3 aromatic rings. The summed E-state index contributed by atoms with van der Waals surface area (Å²) in [5.41, 5.74) is 1.82. The molecular formula is C20H23N5O2. The minimum Gasteiger partial charge on any atom is -0.493 e. The summed E-state index contributed by atoms with van der Waals surface area (Å²) in [5, 5.41) is 0. The van der Waals surface area contributed by atoms with Crippen LogP contribution in [0.25, 0.3) is 11.5 Å². The first kappa shape index (κ1) is 17.5. The van der Waals surface area contributed by atoms with Crippen LogP contribution in [0.3, 0.4) is 0 Å². The van der Waals surface area contributed by atoms with Crippen molar-refractivity contribution in [3.05, 3.63) is 54.7 Å². The van der Waals surface area contributed by atoms with E-state index in [0.29, 0.717) is 12.5 Å². The van der Waals surface area contributed by atoms with Gasteiger partial charge in [0.15, 0.2) is 0 Å². The zero-order valence-electron chi connectivity index (χ0n) is 15.4. The number of anilines is 1. The van der Waals surface area contributed by atoms with E-state index in [9.17, 15) is 0 Å². The zero-order valence-corrected chi connectivity index (χ0v) is 15.4. The highest BCUT2D eigenvalue weighted by molar-refractivity contribution is 5.62. The van der Waals surface area contributed by atoms with E-state index in [1.807, 2.05) is 37.3 Å². The van der Waals surface area contributed by atoms with Crippen molar-refractivity contribution in [2.45, 2.75) is 13.5 Å². The molecule has 0 saturated carbocycles. The second-order valence-corrected chi connectivity index (χ2v) is 6.39. The molecule has 0 atom stereocenters. The van der Waals surface area contributed by atoms with Crippen molar-refractivity contribution in [3.63, 3.8) is 0 Å². The molecule has 7 nitrogen and oxygen atoms in total. The van der Waals surface area contributed by atoms with Gasteiger partial charge in [0.1, 0.15) is 12.0 Å². The number of para-hydroxylation sites is 1. The van der Waals surface area contributed by atoms with Crippen LogP contribution >= 0.6 is 0 Å². The van der Waals surface area contributed by atoms with E-state index in [-0.39, 0.29) is 0 Å². The van der Waals surface area contributed by atoms with Gasteiger partial charge >= 0.3 is 0 Å². The summed E-state index contributed by atoms with van der Waals surface area (Å²) in [7, 11) is 0. The Morgan fingerprint density at radius 1 is 1.04 bits per heavy atom.